The Labute approximate surface area is 204 Å². The molecule has 3 aromatic rings. The normalized spacial score (nSPS) is 10.1. The molecule has 0 aliphatic heterocycles. The van der Waals surface area contributed by atoms with Gasteiger partial charge in [0.2, 0.25) is 0 Å². The molecule has 0 saturated heterocycles. The molecule has 0 spiro atoms. The zero-order valence-electron chi connectivity index (χ0n) is 18.2. The van der Waals surface area contributed by atoms with Gasteiger partial charge in [-0.15, -0.1) is 0 Å². The zero-order chi connectivity index (χ0) is 24.5. The van der Waals surface area contributed by atoms with E-state index in [9.17, 15) is 14.4 Å². The van der Waals surface area contributed by atoms with E-state index in [1.165, 1.54) is 0 Å². The molecule has 0 aromatic heterocycles. The van der Waals surface area contributed by atoms with Crippen LogP contribution in [0.4, 0.5) is 0 Å². The Balaban J connectivity index is 1.96. The van der Waals surface area contributed by atoms with Crippen molar-refractivity contribution in [3.63, 3.8) is 0 Å². The summed E-state index contributed by atoms with van der Waals surface area (Å²) < 4.78 is 18.9. The van der Waals surface area contributed by atoms with Crippen LogP contribution in [-0.2, 0) is 14.4 Å². The first-order chi connectivity index (χ1) is 16.4. The van der Waals surface area contributed by atoms with Gasteiger partial charge in [0, 0.05) is 0 Å². The quantitative estimate of drug-likeness (QED) is 0.173. The molecule has 3 rings (SSSR count). The van der Waals surface area contributed by atoms with Crippen molar-refractivity contribution in [1.82, 2.24) is 0 Å². The van der Waals surface area contributed by atoms with E-state index in [0.29, 0.717) is 17.2 Å². The molecular weight excluding hydrogens is 542 g/mol. The monoisotopic (exact) mass is 562 g/mol. The molecular formula is C27H21O6Sb. The van der Waals surface area contributed by atoms with Gasteiger partial charge in [-0.1, -0.05) is 0 Å². The molecule has 34 heavy (non-hydrogen) atoms. The molecule has 0 amide bonds. The number of carbonyl (C=O) groups excluding carboxylic acids is 3. The Bertz CT molecular complexity index is 1060. The van der Waals surface area contributed by atoms with Gasteiger partial charge in [0.25, 0.3) is 0 Å². The van der Waals surface area contributed by atoms with Gasteiger partial charge in [-0.05, 0) is 0 Å². The van der Waals surface area contributed by atoms with Gasteiger partial charge in [-0.2, -0.15) is 0 Å². The van der Waals surface area contributed by atoms with E-state index < -0.39 is 38.1 Å². The molecule has 6 nitrogen and oxygen atoms in total. The van der Waals surface area contributed by atoms with Crippen LogP contribution in [0.1, 0.15) is 0 Å². The third-order valence-electron chi connectivity index (χ3n) is 4.44. The Morgan fingerprint density at radius 2 is 0.735 bits per heavy atom. The molecule has 7 heteroatoms. The van der Waals surface area contributed by atoms with Crippen molar-refractivity contribution in [3.8, 4) is 17.2 Å². The number of carbonyl (C=O) groups is 3. The Morgan fingerprint density at radius 3 is 0.941 bits per heavy atom. The van der Waals surface area contributed by atoms with Crippen LogP contribution in [0.5, 0.6) is 17.2 Å². The van der Waals surface area contributed by atoms with E-state index in [2.05, 4.69) is 19.7 Å². The minimum atomic E-state index is -2.55. The summed E-state index contributed by atoms with van der Waals surface area (Å²) in [7, 11) is 0. The van der Waals surface area contributed by atoms with Crippen molar-refractivity contribution < 1.29 is 28.6 Å². The van der Waals surface area contributed by atoms with E-state index in [-0.39, 0.29) is 0 Å². The molecule has 3 aromatic carbocycles. The second-order valence-corrected chi connectivity index (χ2v) is 13.0. The van der Waals surface area contributed by atoms with E-state index in [1.807, 2.05) is 36.4 Å². The van der Waals surface area contributed by atoms with Gasteiger partial charge < -0.3 is 0 Å². The summed E-state index contributed by atoms with van der Waals surface area (Å²) in [5.74, 6) is -0.313. The molecule has 170 valence electrons. The third-order valence-corrected chi connectivity index (χ3v) is 11.4. The average molecular weight is 563 g/mol. The van der Waals surface area contributed by atoms with Gasteiger partial charge in [-0.25, -0.2) is 0 Å². The first-order valence-electron chi connectivity index (χ1n) is 10.1. The van der Waals surface area contributed by atoms with Crippen LogP contribution in [0.3, 0.4) is 0 Å². The van der Waals surface area contributed by atoms with Crippen molar-refractivity contribution in [2.45, 2.75) is 0 Å². The molecule has 0 fully saturated rings. The molecule has 0 radical (unpaired) electrons. The summed E-state index contributed by atoms with van der Waals surface area (Å²) in [6, 6.07) is 22.1. The van der Waals surface area contributed by atoms with Crippen molar-refractivity contribution in [2.24, 2.45) is 0 Å². The summed E-state index contributed by atoms with van der Waals surface area (Å²) in [5.41, 5.74) is 0. The minimum absolute atomic E-state index is 0.424. The number of rotatable bonds is 9. The van der Waals surface area contributed by atoms with Crippen LogP contribution in [-0.4, -0.2) is 38.1 Å². The second-order valence-electron chi connectivity index (χ2n) is 6.69. The number of benzene rings is 3. The molecule has 0 aliphatic rings. The van der Waals surface area contributed by atoms with Crippen molar-refractivity contribution in [1.29, 1.82) is 0 Å². The summed E-state index contributed by atoms with van der Waals surface area (Å²) in [5, 5.41) is 0. The predicted octanol–water partition coefficient (Wildman–Crippen LogP) is 2.48. The topological polar surface area (TPSA) is 78.9 Å². The van der Waals surface area contributed by atoms with Crippen LogP contribution >= 0.6 is 0 Å². The standard InChI is InChI=1S/3C9H7O2.Sb/c3*1-2-9(10)11-8-6-4-3-5-7-8;/h3*2,4-7H,1H2;. The zero-order valence-corrected chi connectivity index (χ0v) is 20.7. The molecule has 0 bridgehead atoms. The van der Waals surface area contributed by atoms with E-state index in [1.54, 1.807) is 36.4 Å². The molecule has 0 heterocycles. The third kappa shape index (κ3) is 6.56. The maximum atomic E-state index is 11.5. The molecule has 0 aliphatic carbocycles. The fourth-order valence-electron chi connectivity index (χ4n) is 2.91. The number of hydrogen-bond donors (Lipinski definition) is 0. The van der Waals surface area contributed by atoms with E-state index in [4.69, 9.17) is 14.2 Å². The van der Waals surface area contributed by atoms with Gasteiger partial charge in [0.15, 0.2) is 0 Å². The average Bonchev–Trinajstić information content (AvgIpc) is 2.87. The number of hydrogen-bond acceptors (Lipinski definition) is 6. The van der Waals surface area contributed by atoms with Crippen LogP contribution in [0.25, 0.3) is 0 Å². The van der Waals surface area contributed by atoms with Crippen molar-refractivity contribution >= 4 is 48.6 Å². The molecule has 0 saturated carbocycles. The van der Waals surface area contributed by atoms with E-state index in [0.717, 1.165) is 28.8 Å². The van der Waals surface area contributed by atoms with Crippen LogP contribution in [0, 0.1) is 0 Å². The predicted molar refractivity (Wildman–Crippen MR) is 131 cm³/mol. The summed E-state index contributed by atoms with van der Waals surface area (Å²) >= 11 is -2.55. The molecule has 0 N–H and O–H groups in total. The fourth-order valence-corrected chi connectivity index (χ4v) is 9.29. The van der Waals surface area contributed by atoms with Crippen LogP contribution in [0.15, 0.2) is 111 Å². The molecule has 0 atom stereocenters. The summed E-state index contributed by atoms with van der Waals surface area (Å²) in [6.45, 7) is 10.2. The number of esters is 3. The van der Waals surface area contributed by atoms with E-state index >= 15 is 0 Å². The van der Waals surface area contributed by atoms with Crippen molar-refractivity contribution in [2.75, 3.05) is 0 Å². The SMILES string of the molecule is C=CC(=O)Oc1cc[c]([Sb]([c]2ccc(OC(=O)C=C)cc2)[c]2ccc(OC(=O)C=C)cc2)cc1. The van der Waals surface area contributed by atoms with Crippen LogP contribution < -0.4 is 24.7 Å². The summed E-state index contributed by atoms with van der Waals surface area (Å²) in [6.07, 6.45) is 3.32. The Morgan fingerprint density at radius 1 is 0.500 bits per heavy atom. The number of ether oxygens (including phenoxy) is 3. The Kier molecular flexibility index (Phi) is 8.60. The first-order valence-corrected chi connectivity index (χ1v) is 13.9. The van der Waals surface area contributed by atoms with Gasteiger partial charge in [-0.3, -0.25) is 0 Å². The van der Waals surface area contributed by atoms with Crippen LogP contribution in [0.2, 0.25) is 0 Å². The fraction of sp³-hybridized carbons (Fsp3) is 0. The maximum absolute atomic E-state index is 11.5. The first kappa shape index (κ1) is 24.7. The summed E-state index contributed by atoms with van der Waals surface area (Å²) in [4.78, 5) is 34.5. The van der Waals surface area contributed by atoms with Gasteiger partial charge >= 0.3 is 205 Å². The second kappa shape index (κ2) is 11.8. The van der Waals surface area contributed by atoms with Gasteiger partial charge in [0.1, 0.15) is 0 Å². The van der Waals surface area contributed by atoms with Crippen molar-refractivity contribution in [3.05, 3.63) is 111 Å². The van der Waals surface area contributed by atoms with Gasteiger partial charge in [0.05, 0.1) is 0 Å². The molecule has 0 unspecified atom stereocenters. The Hall–Kier alpha value is -3.89.